The number of anilines is 1. The Morgan fingerprint density at radius 1 is 1.07 bits per heavy atom. The number of methoxy groups -OCH3 is 1. The predicted molar refractivity (Wildman–Crippen MR) is 169 cm³/mol. The van der Waals surface area contributed by atoms with Crippen LogP contribution in [0.3, 0.4) is 0 Å². The van der Waals surface area contributed by atoms with E-state index < -0.39 is 22.0 Å². The van der Waals surface area contributed by atoms with E-state index in [1.165, 1.54) is 6.07 Å². The third-order valence-corrected chi connectivity index (χ3v) is 8.88. The molecule has 1 aliphatic heterocycles. The Kier molecular flexibility index (Phi) is 11.7. The van der Waals surface area contributed by atoms with Crippen molar-refractivity contribution in [2.75, 3.05) is 51.9 Å². The molecular weight excluding hydrogens is 584 g/mol. The van der Waals surface area contributed by atoms with Crippen molar-refractivity contribution in [2.45, 2.75) is 30.2 Å². The third kappa shape index (κ3) is 9.48. The number of hydrogen-bond acceptors (Lipinski definition) is 7. The average Bonchev–Trinajstić information content (AvgIpc) is 3.02. The van der Waals surface area contributed by atoms with Gasteiger partial charge in [-0.25, -0.2) is 8.42 Å². The van der Waals surface area contributed by atoms with Gasteiger partial charge in [0.25, 0.3) is 0 Å². The number of rotatable bonds is 14. The molecule has 4 rings (SSSR count). The standard InChI is InChI=1S/C31H40N6O6S/c1-42-15-16-43-21-29(38)35-26-11-8-22(9-12-26)17-28(30(39)34-19-23-5-4-14-37(20-23)31(32)33)36-44(40,41)27-13-10-24-6-2-3-7-25(24)18-27/h2-3,6-13,18,23,28,36H,4-5,14-17,19-21H2,1H3,(H3,32,33)(H,34,39)(H,35,38)/t23-,28-/m1/s1. The second kappa shape index (κ2) is 15.6. The minimum Gasteiger partial charge on any atom is -0.382 e. The summed E-state index contributed by atoms with van der Waals surface area (Å²) in [5.74, 6) is -0.698. The Bertz CT molecular complexity index is 1550. The van der Waals surface area contributed by atoms with Crippen LogP contribution in [0.4, 0.5) is 5.69 Å². The first kappa shape index (κ1) is 32.9. The molecule has 0 radical (unpaired) electrons. The van der Waals surface area contributed by atoms with Crippen molar-refractivity contribution >= 4 is 44.3 Å². The SMILES string of the molecule is COCCOCC(=O)Nc1ccc(C[C@@H](NS(=O)(=O)c2ccc3ccccc3c2)C(=O)NC[C@H]2CCCN(C(=N)N)C2)cc1. The summed E-state index contributed by atoms with van der Waals surface area (Å²) in [4.78, 5) is 27.5. The van der Waals surface area contributed by atoms with Gasteiger partial charge >= 0.3 is 0 Å². The van der Waals surface area contributed by atoms with Crippen molar-refractivity contribution in [1.29, 1.82) is 5.41 Å². The van der Waals surface area contributed by atoms with Crippen molar-refractivity contribution in [2.24, 2.45) is 11.7 Å². The fraction of sp³-hybridized carbons (Fsp3) is 0.387. The van der Waals surface area contributed by atoms with Crippen LogP contribution in [0, 0.1) is 11.3 Å². The lowest BCUT2D eigenvalue weighted by molar-refractivity contribution is -0.123. The monoisotopic (exact) mass is 624 g/mol. The van der Waals surface area contributed by atoms with Crippen molar-refractivity contribution in [3.05, 3.63) is 72.3 Å². The molecule has 0 aromatic heterocycles. The van der Waals surface area contributed by atoms with Crippen LogP contribution in [0.1, 0.15) is 18.4 Å². The maximum Gasteiger partial charge on any atom is 0.250 e. The lowest BCUT2D eigenvalue weighted by atomic mass is 9.98. The Balaban J connectivity index is 1.46. The number of carbonyl (C=O) groups is 2. The van der Waals surface area contributed by atoms with E-state index in [0.717, 1.165) is 23.6 Å². The molecule has 1 fully saturated rings. The lowest BCUT2D eigenvalue weighted by Gasteiger charge is -2.33. The van der Waals surface area contributed by atoms with E-state index in [1.54, 1.807) is 48.4 Å². The third-order valence-electron chi connectivity index (χ3n) is 7.41. The number of nitrogens with one attached hydrogen (secondary N) is 4. The van der Waals surface area contributed by atoms with E-state index in [1.807, 2.05) is 24.3 Å². The van der Waals surface area contributed by atoms with Crippen LogP contribution in [0.25, 0.3) is 10.8 Å². The maximum atomic E-state index is 13.5. The molecule has 0 unspecified atom stereocenters. The van der Waals surface area contributed by atoms with E-state index in [4.69, 9.17) is 20.6 Å². The number of likely N-dealkylation sites (tertiary alicyclic amines) is 1. The molecule has 44 heavy (non-hydrogen) atoms. The molecule has 1 saturated heterocycles. The fourth-order valence-corrected chi connectivity index (χ4v) is 6.29. The van der Waals surface area contributed by atoms with E-state index in [0.29, 0.717) is 44.1 Å². The zero-order chi connectivity index (χ0) is 31.5. The normalized spacial score (nSPS) is 15.9. The molecular formula is C31H40N6O6S. The number of benzene rings is 3. The van der Waals surface area contributed by atoms with Gasteiger partial charge in [-0.3, -0.25) is 15.0 Å². The fourth-order valence-electron chi connectivity index (χ4n) is 5.06. The van der Waals surface area contributed by atoms with Gasteiger partial charge in [0.15, 0.2) is 5.96 Å². The maximum absolute atomic E-state index is 13.5. The topological polar surface area (TPSA) is 176 Å². The molecule has 3 aromatic rings. The minimum absolute atomic E-state index is 0.000281. The molecule has 6 N–H and O–H groups in total. The van der Waals surface area contributed by atoms with Gasteiger partial charge < -0.3 is 30.7 Å². The van der Waals surface area contributed by atoms with Crippen LogP contribution in [-0.4, -0.2) is 83.7 Å². The van der Waals surface area contributed by atoms with Crippen LogP contribution < -0.4 is 21.1 Å². The number of carbonyl (C=O) groups excluding carboxylic acids is 2. The van der Waals surface area contributed by atoms with Gasteiger partial charge in [0, 0.05) is 32.4 Å². The zero-order valence-electron chi connectivity index (χ0n) is 24.8. The number of nitrogens with zero attached hydrogens (tertiary/aromatic N) is 1. The first-order valence-corrected chi connectivity index (χ1v) is 16.0. The number of fused-ring (bicyclic) bond motifs is 1. The first-order chi connectivity index (χ1) is 21.1. The lowest BCUT2D eigenvalue weighted by Crippen LogP contribution is -2.51. The minimum atomic E-state index is -4.06. The highest BCUT2D eigenvalue weighted by molar-refractivity contribution is 7.89. The highest BCUT2D eigenvalue weighted by Crippen LogP contribution is 2.20. The smallest absolute Gasteiger partial charge is 0.250 e. The number of amides is 2. The predicted octanol–water partition coefficient (Wildman–Crippen LogP) is 2.05. The molecule has 1 heterocycles. The van der Waals surface area contributed by atoms with Crippen LogP contribution in [-0.2, 0) is 35.5 Å². The van der Waals surface area contributed by atoms with Gasteiger partial charge in [0.05, 0.1) is 18.1 Å². The molecule has 3 aromatic carbocycles. The number of nitrogens with two attached hydrogens (primary N) is 1. The molecule has 2 amide bonds. The highest BCUT2D eigenvalue weighted by Gasteiger charge is 2.28. The van der Waals surface area contributed by atoms with Gasteiger partial charge in [-0.05, 0) is 65.8 Å². The van der Waals surface area contributed by atoms with E-state index in [-0.39, 0.29) is 35.7 Å². The summed E-state index contributed by atoms with van der Waals surface area (Å²) in [6.45, 7) is 2.15. The van der Waals surface area contributed by atoms with Crippen molar-refractivity contribution in [3.8, 4) is 0 Å². The second-order valence-electron chi connectivity index (χ2n) is 10.8. The van der Waals surface area contributed by atoms with E-state index >= 15 is 0 Å². The quantitative estimate of drug-likeness (QED) is 0.103. The van der Waals surface area contributed by atoms with E-state index in [2.05, 4.69) is 15.4 Å². The highest BCUT2D eigenvalue weighted by atomic mass is 32.2. The summed E-state index contributed by atoms with van der Waals surface area (Å²) < 4.78 is 39.8. The second-order valence-corrected chi connectivity index (χ2v) is 12.5. The van der Waals surface area contributed by atoms with Crippen LogP contribution in [0.5, 0.6) is 0 Å². The average molecular weight is 625 g/mol. The summed E-state index contributed by atoms with van der Waals surface area (Å²) in [5, 5.41) is 15.1. The van der Waals surface area contributed by atoms with E-state index in [9.17, 15) is 18.0 Å². The number of sulfonamides is 1. The number of piperidine rings is 1. The van der Waals surface area contributed by atoms with Crippen molar-refractivity contribution < 1.29 is 27.5 Å². The van der Waals surface area contributed by atoms with Crippen LogP contribution in [0.15, 0.2) is 71.6 Å². The van der Waals surface area contributed by atoms with Gasteiger partial charge in [0.2, 0.25) is 21.8 Å². The molecule has 0 saturated carbocycles. The first-order valence-electron chi connectivity index (χ1n) is 14.5. The Hall–Kier alpha value is -4.04. The molecule has 0 bridgehead atoms. The largest absolute Gasteiger partial charge is 0.382 e. The van der Waals surface area contributed by atoms with Crippen LogP contribution >= 0.6 is 0 Å². The molecule has 1 aliphatic rings. The van der Waals surface area contributed by atoms with Gasteiger partial charge in [-0.2, -0.15) is 4.72 Å². The molecule has 0 spiro atoms. The number of guanidine groups is 1. The zero-order valence-corrected chi connectivity index (χ0v) is 25.6. The summed E-state index contributed by atoms with van der Waals surface area (Å²) in [7, 11) is -2.51. The molecule has 13 heteroatoms. The molecule has 236 valence electrons. The van der Waals surface area contributed by atoms with Crippen molar-refractivity contribution in [3.63, 3.8) is 0 Å². The van der Waals surface area contributed by atoms with Gasteiger partial charge in [-0.15, -0.1) is 0 Å². The Morgan fingerprint density at radius 3 is 2.55 bits per heavy atom. The molecule has 0 aliphatic carbocycles. The number of ether oxygens (including phenoxy) is 2. The summed E-state index contributed by atoms with van der Waals surface area (Å²) in [6, 6.07) is 18.0. The van der Waals surface area contributed by atoms with Gasteiger partial charge in [-0.1, -0.05) is 42.5 Å². The number of hydrogen-bond donors (Lipinski definition) is 5. The Morgan fingerprint density at radius 2 is 1.82 bits per heavy atom. The Labute approximate surface area is 257 Å². The van der Waals surface area contributed by atoms with Gasteiger partial charge in [0.1, 0.15) is 12.6 Å². The summed E-state index contributed by atoms with van der Waals surface area (Å²) in [5.41, 5.74) is 6.90. The van der Waals surface area contributed by atoms with Crippen LogP contribution in [0.2, 0.25) is 0 Å². The molecule has 12 nitrogen and oxygen atoms in total. The molecule has 2 atom stereocenters. The summed E-state index contributed by atoms with van der Waals surface area (Å²) in [6.07, 6.45) is 1.79. The van der Waals surface area contributed by atoms with Crippen molar-refractivity contribution in [1.82, 2.24) is 14.9 Å². The summed E-state index contributed by atoms with van der Waals surface area (Å²) >= 11 is 0.